The fourth-order valence-corrected chi connectivity index (χ4v) is 3.81. The molecule has 0 radical (unpaired) electrons. The zero-order valence-corrected chi connectivity index (χ0v) is 20.5. The second-order valence-corrected chi connectivity index (χ2v) is 8.49. The van der Waals surface area contributed by atoms with Crippen LogP contribution in [0.5, 0.6) is 11.5 Å². The Hall–Kier alpha value is -3.90. The smallest absolute Gasteiger partial charge is 0.329 e. The van der Waals surface area contributed by atoms with Crippen LogP contribution >= 0.6 is 15.9 Å². The fraction of sp³-hybridized carbons (Fsp3) is 0.217. The molecule has 0 fully saturated rings. The van der Waals surface area contributed by atoms with Gasteiger partial charge in [-0.05, 0) is 30.3 Å². The van der Waals surface area contributed by atoms with Gasteiger partial charge in [-0.3, -0.25) is 14.3 Å². The molecule has 0 bridgehead atoms. The number of nitrogens with one attached hydrogen (secondary N) is 2. The van der Waals surface area contributed by atoms with Crippen molar-refractivity contribution in [2.24, 2.45) is 12.1 Å². The van der Waals surface area contributed by atoms with Crippen molar-refractivity contribution in [3.63, 3.8) is 0 Å². The zero-order valence-electron chi connectivity index (χ0n) is 18.9. The van der Waals surface area contributed by atoms with Gasteiger partial charge in [-0.15, -0.1) is 0 Å². The number of nitrogens with zero attached hydrogens (tertiary/aromatic N) is 4. The van der Waals surface area contributed by atoms with E-state index in [1.165, 1.54) is 22.4 Å². The highest BCUT2D eigenvalue weighted by atomic mass is 79.9. The molecule has 0 saturated heterocycles. The molecule has 12 heteroatoms. The summed E-state index contributed by atoms with van der Waals surface area (Å²) >= 11 is 3.41. The maximum Gasteiger partial charge on any atom is 0.329 e. The van der Waals surface area contributed by atoms with E-state index >= 15 is 0 Å². The molecule has 2 aromatic heterocycles. The minimum Gasteiger partial charge on any atom is -0.496 e. The van der Waals surface area contributed by atoms with Crippen LogP contribution in [0.25, 0.3) is 11.2 Å². The number of aliphatic hydroxyl groups is 1. The summed E-state index contributed by atoms with van der Waals surface area (Å²) < 4.78 is 14.5. The number of aromatic amines is 1. The number of methoxy groups -OCH3 is 1. The van der Waals surface area contributed by atoms with Crippen molar-refractivity contribution < 1.29 is 14.6 Å². The third-order valence-corrected chi connectivity index (χ3v) is 5.64. The number of hydrogen-bond acceptors (Lipinski definition) is 8. The third-order valence-electron chi connectivity index (χ3n) is 5.15. The highest BCUT2D eigenvalue weighted by Crippen LogP contribution is 2.22. The van der Waals surface area contributed by atoms with Gasteiger partial charge in [0, 0.05) is 17.1 Å². The molecular weight excluding hydrogens is 520 g/mol. The number of para-hydroxylation sites is 1. The van der Waals surface area contributed by atoms with E-state index in [2.05, 4.69) is 36.4 Å². The molecule has 0 amide bonds. The molecule has 182 valence electrons. The normalized spacial score (nSPS) is 12.2. The number of aromatic nitrogens is 4. The number of imidazole rings is 1. The molecule has 35 heavy (non-hydrogen) atoms. The monoisotopic (exact) mass is 542 g/mol. The average molecular weight is 543 g/mol. The summed E-state index contributed by atoms with van der Waals surface area (Å²) in [6, 6.07) is 14.5. The molecule has 0 aliphatic rings. The summed E-state index contributed by atoms with van der Waals surface area (Å²) in [4.78, 5) is 31.4. The van der Waals surface area contributed by atoms with Crippen molar-refractivity contribution in [2.75, 3.05) is 19.1 Å². The Morgan fingerprint density at radius 3 is 2.77 bits per heavy atom. The molecule has 0 aliphatic carbocycles. The van der Waals surface area contributed by atoms with Crippen LogP contribution in [0.1, 0.15) is 5.56 Å². The number of aliphatic hydroxyl groups excluding tert-OH is 1. The molecule has 0 saturated carbocycles. The lowest BCUT2D eigenvalue weighted by molar-refractivity contribution is 0.0938. The van der Waals surface area contributed by atoms with E-state index in [4.69, 9.17) is 9.47 Å². The standard InChI is InChI=1S/C23H23BrN6O5/c1-29-20-19(21(32)27-23(29)33)30(12-16(31)13-35-17-6-4-3-5-7-17)22(26-20)28-25-11-14-10-15(24)8-9-18(14)34-2/h3-11,16,31H,12-13H2,1-2H3,(H,26,28)(H,27,32,33). The molecule has 0 spiro atoms. The number of fused-ring (bicyclic) bond motifs is 1. The predicted octanol–water partition coefficient (Wildman–Crippen LogP) is 2.08. The van der Waals surface area contributed by atoms with E-state index in [1.54, 1.807) is 25.3 Å². The van der Waals surface area contributed by atoms with Crippen molar-refractivity contribution >= 4 is 39.3 Å². The van der Waals surface area contributed by atoms with Gasteiger partial charge < -0.3 is 19.1 Å². The van der Waals surface area contributed by atoms with Crippen molar-refractivity contribution in [3.8, 4) is 11.5 Å². The molecule has 2 aromatic carbocycles. The van der Waals surface area contributed by atoms with Gasteiger partial charge in [-0.25, -0.2) is 10.2 Å². The Bertz CT molecular complexity index is 1480. The van der Waals surface area contributed by atoms with Crippen molar-refractivity contribution in [1.29, 1.82) is 0 Å². The van der Waals surface area contributed by atoms with Gasteiger partial charge in [0.15, 0.2) is 11.2 Å². The van der Waals surface area contributed by atoms with Crippen LogP contribution in [0.2, 0.25) is 0 Å². The number of anilines is 1. The van der Waals surface area contributed by atoms with Crippen molar-refractivity contribution in [1.82, 2.24) is 19.1 Å². The lowest BCUT2D eigenvalue weighted by atomic mass is 10.2. The molecule has 0 aliphatic heterocycles. The van der Waals surface area contributed by atoms with Crippen LogP contribution in [-0.2, 0) is 13.6 Å². The second-order valence-electron chi connectivity index (χ2n) is 7.57. The van der Waals surface area contributed by atoms with Gasteiger partial charge in [0.05, 0.1) is 19.9 Å². The maximum atomic E-state index is 12.6. The Morgan fingerprint density at radius 2 is 2.03 bits per heavy atom. The van der Waals surface area contributed by atoms with Crippen molar-refractivity contribution in [3.05, 3.63) is 79.4 Å². The minimum atomic E-state index is -0.987. The first-order valence-electron chi connectivity index (χ1n) is 10.6. The minimum absolute atomic E-state index is 0.0225. The average Bonchev–Trinajstić information content (AvgIpc) is 3.20. The van der Waals surface area contributed by atoms with Crippen LogP contribution in [0.3, 0.4) is 0 Å². The lowest BCUT2D eigenvalue weighted by Gasteiger charge is -2.15. The number of H-pyrrole nitrogens is 1. The second kappa shape index (κ2) is 10.6. The quantitative estimate of drug-likeness (QED) is 0.217. The number of hydrazone groups is 1. The highest BCUT2D eigenvalue weighted by molar-refractivity contribution is 9.10. The molecule has 4 aromatic rings. The zero-order chi connectivity index (χ0) is 24.9. The van der Waals surface area contributed by atoms with E-state index in [0.29, 0.717) is 17.1 Å². The fourth-order valence-electron chi connectivity index (χ4n) is 3.44. The molecule has 1 atom stereocenters. The SMILES string of the molecule is COc1ccc(Br)cc1C=NNc1nc2c(c(=O)[nH]c(=O)n2C)n1CC(O)COc1ccccc1. The molecule has 1 unspecified atom stereocenters. The first kappa shape index (κ1) is 24.2. The number of halogens is 1. The molecular formula is C23H23BrN6O5. The summed E-state index contributed by atoms with van der Waals surface area (Å²) in [6.07, 6.45) is 0.546. The molecule has 11 nitrogen and oxygen atoms in total. The Balaban J connectivity index is 1.65. The van der Waals surface area contributed by atoms with Crippen LogP contribution in [0, 0.1) is 0 Å². The number of hydrogen-bond donors (Lipinski definition) is 3. The van der Waals surface area contributed by atoms with E-state index < -0.39 is 17.4 Å². The summed E-state index contributed by atoms with van der Waals surface area (Å²) in [7, 11) is 3.05. The predicted molar refractivity (Wildman–Crippen MR) is 135 cm³/mol. The summed E-state index contributed by atoms with van der Waals surface area (Å²) in [5.74, 6) is 1.38. The lowest BCUT2D eigenvalue weighted by Crippen LogP contribution is -2.30. The molecule has 4 rings (SSSR count). The first-order chi connectivity index (χ1) is 16.9. The largest absolute Gasteiger partial charge is 0.496 e. The van der Waals surface area contributed by atoms with Crippen LogP contribution < -0.4 is 26.1 Å². The maximum absolute atomic E-state index is 12.6. The van der Waals surface area contributed by atoms with Crippen LogP contribution in [0.15, 0.2) is 67.7 Å². The van der Waals surface area contributed by atoms with Crippen LogP contribution in [0.4, 0.5) is 5.95 Å². The Morgan fingerprint density at radius 1 is 1.26 bits per heavy atom. The van der Waals surface area contributed by atoms with E-state index in [-0.39, 0.29) is 30.3 Å². The highest BCUT2D eigenvalue weighted by Gasteiger charge is 2.20. The van der Waals surface area contributed by atoms with Gasteiger partial charge >= 0.3 is 5.69 Å². The van der Waals surface area contributed by atoms with Gasteiger partial charge in [-0.1, -0.05) is 34.1 Å². The number of aryl methyl sites for hydroxylation is 1. The number of ether oxygens (including phenoxy) is 2. The Labute approximate surface area is 207 Å². The molecule has 3 N–H and O–H groups in total. The first-order valence-corrected chi connectivity index (χ1v) is 11.3. The topological polar surface area (TPSA) is 136 Å². The summed E-state index contributed by atoms with van der Waals surface area (Å²) in [6.45, 7) is -0.0615. The summed E-state index contributed by atoms with van der Waals surface area (Å²) in [5, 5.41) is 14.9. The van der Waals surface area contributed by atoms with E-state index in [0.717, 1.165) is 4.47 Å². The Kier molecular flexibility index (Phi) is 7.32. The third kappa shape index (κ3) is 5.44. The number of benzene rings is 2. The number of rotatable bonds is 9. The summed E-state index contributed by atoms with van der Waals surface area (Å²) in [5.41, 5.74) is 2.53. The van der Waals surface area contributed by atoms with Gasteiger partial charge in [0.25, 0.3) is 5.56 Å². The van der Waals surface area contributed by atoms with Gasteiger partial charge in [0.1, 0.15) is 24.2 Å². The molecule has 2 heterocycles. The van der Waals surface area contributed by atoms with E-state index in [9.17, 15) is 14.7 Å². The van der Waals surface area contributed by atoms with Crippen molar-refractivity contribution in [2.45, 2.75) is 12.6 Å². The van der Waals surface area contributed by atoms with Gasteiger partial charge in [-0.2, -0.15) is 10.1 Å². The van der Waals surface area contributed by atoms with Gasteiger partial charge in [0.2, 0.25) is 5.95 Å². The van der Waals surface area contributed by atoms with E-state index in [1.807, 2.05) is 30.3 Å². The van der Waals surface area contributed by atoms with Crippen LogP contribution in [-0.4, -0.2) is 50.2 Å².